The molecule has 1 fully saturated rings. The van der Waals surface area contributed by atoms with Crippen LogP contribution in [0.1, 0.15) is 11.1 Å². The fourth-order valence-corrected chi connectivity index (χ4v) is 3.61. The summed E-state index contributed by atoms with van der Waals surface area (Å²) in [4.78, 5) is 4.91. The van der Waals surface area contributed by atoms with Crippen molar-refractivity contribution >= 4 is 17.9 Å². The van der Waals surface area contributed by atoms with E-state index in [4.69, 9.17) is 21.4 Å². The molecule has 0 saturated carbocycles. The maximum Gasteiger partial charge on any atom is 0.288 e. The number of nitrogens with zero attached hydrogens (tertiary/aromatic N) is 4. The Bertz CT molecular complexity index is 989. The van der Waals surface area contributed by atoms with Crippen LogP contribution in [-0.4, -0.2) is 48.0 Å². The summed E-state index contributed by atoms with van der Waals surface area (Å²) in [5, 5.41) is 4.55. The van der Waals surface area contributed by atoms with Gasteiger partial charge < -0.3 is 14.1 Å². The molecule has 2 aromatic carbocycles. The Hall–Kier alpha value is -2.48. The molecule has 0 atom stereocenters. The second-order valence-electron chi connectivity index (χ2n) is 7.46. The molecule has 1 aromatic heterocycles. The van der Waals surface area contributed by atoms with Gasteiger partial charge in [0.05, 0.1) is 19.9 Å². The number of anilines is 1. The van der Waals surface area contributed by atoms with Gasteiger partial charge in [-0.15, -0.1) is 5.10 Å². The highest BCUT2D eigenvalue weighted by Gasteiger charge is 2.12. The molecule has 1 saturated heterocycles. The van der Waals surface area contributed by atoms with Crippen molar-refractivity contribution in [3.63, 3.8) is 0 Å². The third-order valence-corrected chi connectivity index (χ3v) is 5.34. The first-order valence-electron chi connectivity index (χ1n) is 9.84. The van der Waals surface area contributed by atoms with Gasteiger partial charge in [-0.2, -0.15) is 0 Å². The summed E-state index contributed by atoms with van der Waals surface area (Å²) in [5.41, 5.74) is 4.63. The molecule has 0 amide bonds. The average molecular weight is 411 g/mol. The van der Waals surface area contributed by atoms with Crippen LogP contribution < -0.4 is 4.90 Å². The molecule has 0 unspecified atom stereocenters. The van der Waals surface area contributed by atoms with Crippen LogP contribution >= 0.6 is 12.2 Å². The van der Waals surface area contributed by atoms with Gasteiger partial charge in [0, 0.05) is 30.9 Å². The molecule has 3 aromatic rings. The summed E-state index contributed by atoms with van der Waals surface area (Å²) in [6.45, 7) is 6.93. The standard InChI is InChI=1S/C22H26N4O2S/c1-17-3-7-19(8-4-17)21-23-26(22(29)28-21)16-24(2)15-18-5-9-20(10-6-18)25-11-13-27-14-12-25/h3-10H,11-16H2,1-2H3. The summed E-state index contributed by atoms with van der Waals surface area (Å²) in [5.74, 6) is 0.554. The molecule has 0 bridgehead atoms. The fourth-order valence-electron chi connectivity index (χ4n) is 3.43. The third-order valence-electron chi connectivity index (χ3n) is 5.05. The van der Waals surface area contributed by atoms with E-state index in [0.29, 0.717) is 17.4 Å². The van der Waals surface area contributed by atoms with E-state index in [1.54, 1.807) is 4.68 Å². The highest BCUT2D eigenvalue weighted by molar-refractivity contribution is 7.71. The summed E-state index contributed by atoms with van der Waals surface area (Å²) in [6, 6.07) is 16.8. The van der Waals surface area contributed by atoms with Crippen LogP contribution in [0.3, 0.4) is 0 Å². The predicted octanol–water partition coefficient (Wildman–Crippen LogP) is 4.11. The smallest absolute Gasteiger partial charge is 0.288 e. The minimum Gasteiger partial charge on any atom is -0.409 e. The molecule has 2 heterocycles. The van der Waals surface area contributed by atoms with Crippen LogP contribution in [0.15, 0.2) is 52.9 Å². The lowest BCUT2D eigenvalue weighted by Crippen LogP contribution is -2.36. The Morgan fingerprint density at radius 3 is 2.41 bits per heavy atom. The fraction of sp³-hybridized carbons (Fsp3) is 0.364. The Morgan fingerprint density at radius 1 is 1.03 bits per heavy atom. The maximum absolute atomic E-state index is 5.70. The van der Waals surface area contributed by atoms with E-state index < -0.39 is 0 Å². The van der Waals surface area contributed by atoms with E-state index in [1.165, 1.54) is 16.8 Å². The number of ether oxygens (including phenoxy) is 1. The molecule has 4 rings (SSSR count). The van der Waals surface area contributed by atoms with Crippen LogP contribution in [0.2, 0.25) is 0 Å². The van der Waals surface area contributed by atoms with Crippen molar-refractivity contribution in [2.75, 3.05) is 38.3 Å². The average Bonchev–Trinajstić information content (AvgIpc) is 3.10. The van der Waals surface area contributed by atoms with Crippen molar-refractivity contribution in [1.29, 1.82) is 0 Å². The van der Waals surface area contributed by atoms with Crippen LogP contribution in [-0.2, 0) is 18.0 Å². The molecule has 1 aliphatic heterocycles. The third kappa shape index (κ3) is 4.93. The van der Waals surface area contributed by atoms with Gasteiger partial charge in [-0.25, -0.2) is 4.68 Å². The molecule has 1 aliphatic rings. The van der Waals surface area contributed by atoms with Crippen molar-refractivity contribution in [3.8, 4) is 11.5 Å². The first-order chi connectivity index (χ1) is 14.1. The molecular formula is C22H26N4O2S. The molecule has 29 heavy (non-hydrogen) atoms. The highest BCUT2D eigenvalue weighted by atomic mass is 32.1. The van der Waals surface area contributed by atoms with Crippen LogP contribution in [0, 0.1) is 11.8 Å². The van der Waals surface area contributed by atoms with E-state index in [9.17, 15) is 0 Å². The molecule has 0 N–H and O–H groups in total. The zero-order valence-corrected chi connectivity index (χ0v) is 17.7. The topological polar surface area (TPSA) is 46.7 Å². The molecule has 0 radical (unpaired) electrons. The van der Waals surface area contributed by atoms with Crippen molar-refractivity contribution in [1.82, 2.24) is 14.7 Å². The quantitative estimate of drug-likeness (QED) is 0.570. The number of morpholine rings is 1. The SMILES string of the molecule is Cc1ccc(-c2nn(CN(C)Cc3ccc(N4CCOCC4)cc3)c(=S)o2)cc1. The first-order valence-corrected chi connectivity index (χ1v) is 10.2. The minimum absolute atomic E-state index is 0.384. The van der Waals surface area contributed by atoms with Crippen LogP contribution in [0.5, 0.6) is 0 Å². The normalized spacial score (nSPS) is 14.5. The Labute approximate surface area is 176 Å². The molecule has 6 nitrogen and oxygen atoms in total. The van der Waals surface area contributed by atoms with E-state index in [-0.39, 0.29) is 0 Å². The van der Waals surface area contributed by atoms with Gasteiger partial charge in [-0.3, -0.25) is 4.90 Å². The van der Waals surface area contributed by atoms with Crippen molar-refractivity contribution in [2.45, 2.75) is 20.1 Å². The van der Waals surface area contributed by atoms with E-state index in [0.717, 1.165) is 38.4 Å². The number of rotatable bonds is 6. The van der Waals surface area contributed by atoms with E-state index >= 15 is 0 Å². The number of hydrogen-bond donors (Lipinski definition) is 0. The summed E-state index contributed by atoms with van der Waals surface area (Å²) >= 11 is 5.36. The lowest BCUT2D eigenvalue weighted by molar-refractivity contribution is 0.122. The van der Waals surface area contributed by atoms with Gasteiger partial charge in [0.1, 0.15) is 0 Å². The number of aryl methyl sites for hydroxylation is 1. The lowest BCUT2D eigenvalue weighted by atomic mass is 10.1. The number of aromatic nitrogens is 2. The number of benzene rings is 2. The largest absolute Gasteiger partial charge is 0.409 e. The van der Waals surface area contributed by atoms with Gasteiger partial charge in [0.2, 0.25) is 5.89 Å². The van der Waals surface area contributed by atoms with Crippen LogP contribution in [0.4, 0.5) is 5.69 Å². The lowest BCUT2D eigenvalue weighted by Gasteiger charge is -2.29. The second kappa shape index (κ2) is 8.90. The molecular weight excluding hydrogens is 384 g/mol. The monoisotopic (exact) mass is 410 g/mol. The Balaban J connectivity index is 1.39. The molecule has 0 spiro atoms. The minimum atomic E-state index is 0.384. The van der Waals surface area contributed by atoms with Gasteiger partial charge >= 0.3 is 0 Å². The van der Waals surface area contributed by atoms with Gasteiger partial charge in [0.25, 0.3) is 4.84 Å². The maximum atomic E-state index is 5.70. The van der Waals surface area contributed by atoms with Crippen molar-refractivity contribution < 1.29 is 9.15 Å². The van der Waals surface area contributed by atoms with E-state index in [1.807, 2.05) is 24.3 Å². The Morgan fingerprint density at radius 2 is 1.72 bits per heavy atom. The number of hydrogen-bond acceptors (Lipinski definition) is 6. The second-order valence-corrected chi connectivity index (χ2v) is 7.81. The van der Waals surface area contributed by atoms with Gasteiger partial charge in [-0.1, -0.05) is 29.8 Å². The molecule has 0 aliphatic carbocycles. The van der Waals surface area contributed by atoms with Gasteiger partial charge in [-0.05, 0) is 56.0 Å². The van der Waals surface area contributed by atoms with E-state index in [2.05, 4.69) is 53.1 Å². The van der Waals surface area contributed by atoms with Crippen molar-refractivity contribution in [2.24, 2.45) is 0 Å². The summed E-state index contributed by atoms with van der Waals surface area (Å²) < 4.78 is 12.9. The molecule has 152 valence electrons. The summed E-state index contributed by atoms with van der Waals surface area (Å²) in [6.07, 6.45) is 0. The van der Waals surface area contributed by atoms with Crippen molar-refractivity contribution in [3.05, 3.63) is 64.5 Å². The predicted molar refractivity (Wildman–Crippen MR) is 116 cm³/mol. The highest BCUT2D eigenvalue weighted by Crippen LogP contribution is 2.20. The van der Waals surface area contributed by atoms with Gasteiger partial charge in [0.15, 0.2) is 0 Å². The summed E-state index contributed by atoms with van der Waals surface area (Å²) in [7, 11) is 2.05. The first kappa shape index (κ1) is 19.8. The van der Waals surface area contributed by atoms with Crippen LogP contribution in [0.25, 0.3) is 11.5 Å². The Kier molecular flexibility index (Phi) is 6.08. The zero-order valence-electron chi connectivity index (χ0n) is 16.9. The molecule has 7 heteroatoms. The zero-order chi connectivity index (χ0) is 20.2.